The fourth-order valence-electron chi connectivity index (χ4n) is 3.30. The molecule has 0 aromatic heterocycles. The number of aryl methyl sites for hydroxylation is 1. The van der Waals surface area contributed by atoms with Crippen molar-refractivity contribution in [2.45, 2.75) is 32.4 Å². The van der Waals surface area contributed by atoms with Crippen molar-refractivity contribution < 1.29 is 0 Å². The maximum Gasteiger partial charge on any atom is 0.0208 e. The molecule has 17 heavy (non-hydrogen) atoms. The van der Waals surface area contributed by atoms with Crippen LogP contribution < -0.4 is 10.6 Å². The van der Waals surface area contributed by atoms with Crippen LogP contribution in [0.2, 0.25) is 0 Å². The third kappa shape index (κ3) is 2.53. The Balaban J connectivity index is 1.50. The maximum atomic E-state index is 3.72. The van der Waals surface area contributed by atoms with Crippen molar-refractivity contribution in [2.24, 2.45) is 11.8 Å². The smallest absolute Gasteiger partial charge is 0.0208 e. The normalized spacial score (nSPS) is 31.7. The van der Waals surface area contributed by atoms with Crippen LogP contribution >= 0.6 is 0 Å². The van der Waals surface area contributed by atoms with Crippen molar-refractivity contribution in [2.75, 3.05) is 13.1 Å². The molecule has 2 heteroatoms. The SMILES string of the molecule is Cc1ccc(CNC2CC3CNCC3C2)cc1. The third-order valence-corrected chi connectivity index (χ3v) is 4.37. The van der Waals surface area contributed by atoms with E-state index in [0.717, 1.165) is 24.4 Å². The van der Waals surface area contributed by atoms with Crippen LogP contribution in [0.4, 0.5) is 0 Å². The first-order valence-corrected chi connectivity index (χ1v) is 6.81. The molecule has 1 aromatic rings. The van der Waals surface area contributed by atoms with E-state index in [9.17, 15) is 0 Å². The Kier molecular flexibility index (Phi) is 3.17. The summed E-state index contributed by atoms with van der Waals surface area (Å²) < 4.78 is 0. The van der Waals surface area contributed by atoms with Gasteiger partial charge in [-0.15, -0.1) is 0 Å². The number of rotatable bonds is 3. The maximum absolute atomic E-state index is 3.72. The van der Waals surface area contributed by atoms with E-state index < -0.39 is 0 Å². The van der Waals surface area contributed by atoms with E-state index in [-0.39, 0.29) is 0 Å². The molecule has 2 atom stereocenters. The highest BCUT2D eigenvalue weighted by Crippen LogP contribution is 2.34. The minimum absolute atomic E-state index is 0.744. The summed E-state index contributed by atoms with van der Waals surface area (Å²) in [5.41, 5.74) is 2.75. The van der Waals surface area contributed by atoms with Gasteiger partial charge in [-0.1, -0.05) is 29.8 Å². The van der Waals surface area contributed by atoms with Gasteiger partial charge >= 0.3 is 0 Å². The quantitative estimate of drug-likeness (QED) is 0.831. The molecule has 2 N–H and O–H groups in total. The van der Waals surface area contributed by atoms with Crippen LogP contribution in [0.3, 0.4) is 0 Å². The lowest BCUT2D eigenvalue weighted by Gasteiger charge is -2.13. The van der Waals surface area contributed by atoms with Crippen molar-refractivity contribution in [3.63, 3.8) is 0 Å². The minimum atomic E-state index is 0.744. The molecule has 1 aromatic carbocycles. The average molecular weight is 230 g/mol. The summed E-state index contributed by atoms with van der Waals surface area (Å²) in [5.74, 6) is 1.87. The number of benzene rings is 1. The first-order chi connectivity index (χ1) is 8.31. The van der Waals surface area contributed by atoms with Gasteiger partial charge in [0, 0.05) is 12.6 Å². The zero-order valence-corrected chi connectivity index (χ0v) is 10.6. The van der Waals surface area contributed by atoms with Gasteiger partial charge in [0.05, 0.1) is 0 Å². The van der Waals surface area contributed by atoms with Crippen molar-refractivity contribution >= 4 is 0 Å². The van der Waals surface area contributed by atoms with Crippen LogP contribution in [0.5, 0.6) is 0 Å². The van der Waals surface area contributed by atoms with Crippen molar-refractivity contribution in [3.05, 3.63) is 35.4 Å². The number of fused-ring (bicyclic) bond motifs is 1. The van der Waals surface area contributed by atoms with Gasteiger partial charge in [0.2, 0.25) is 0 Å². The van der Waals surface area contributed by atoms with Crippen LogP contribution in [0.1, 0.15) is 24.0 Å². The monoisotopic (exact) mass is 230 g/mol. The molecule has 2 nitrogen and oxygen atoms in total. The van der Waals surface area contributed by atoms with Crippen LogP contribution in [-0.2, 0) is 6.54 Å². The van der Waals surface area contributed by atoms with Gasteiger partial charge in [-0.3, -0.25) is 0 Å². The average Bonchev–Trinajstić information content (AvgIpc) is 2.88. The molecule has 1 aliphatic carbocycles. The summed E-state index contributed by atoms with van der Waals surface area (Å²) >= 11 is 0. The molecule has 3 rings (SSSR count). The second kappa shape index (κ2) is 4.79. The van der Waals surface area contributed by atoms with Crippen LogP contribution in [-0.4, -0.2) is 19.1 Å². The molecule has 1 heterocycles. The molecule has 0 amide bonds. The standard InChI is InChI=1S/C15H22N2/c1-11-2-4-12(5-3-11)8-17-15-6-13-9-16-10-14(13)7-15/h2-5,13-17H,6-10H2,1H3. The van der Waals surface area contributed by atoms with Gasteiger partial charge in [0.25, 0.3) is 0 Å². The summed E-state index contributed by atoms with van der Waals surface area (Å²) in [5, 5.41) is 7.22. The molecule has 2 fully saturated rings. The summed E-state index contributed by atoms with van der Waals surface area (Å²) in [7, 11) is 0. The van der Waals surface area contributed by atoms with Gasteiger partial charge in [0.15, 0.2) is 0 Å². The lowest BCUT2D eigenvalue weighted by molar-refractivity contribution is 0.485. The van der Waals surface area contributed by atoms with E-state index in [1.165, 1.54) is 37.1 Å². The van der Waals surface area contributed by atoms with E-state index in [1.807, 2.05) is 0 Å². The zero-order chi connectivity index (χ0) is 11.7. The van der Waals surface area contributed by atoms with Gasteiger partial charge < -0.3 is 10.6 Å². The number of hydrogen-bond acceptors (Lipinski definition) is 2. The Morgan fingerprint density at radius 3 is 2.41 bits per heavy atom. The fourth-order valence-corrected chi connectivity index (χ4v) is 3.30. The van der Waals surface area contributed by atoms with Gasteiger partial charge in [-0.25, -0.2) is 0 Å². The number of nitrogens with one attached hydrogen (secondary N) is 2. The third-order valence-electron chi connectivity index (χ3n) is 4.37. The van der Waals surface area contributed by atoms with Gasteiger partial charge in [0.1, 0.15) is 0 Å². The summed E-state index contributed by atoms with van der Waals surface area (Å²) in [4.78, 5) is 0. The summed E-state index contributed by atoms with van der Waals surface area (Å²) in [6.45, 7) is 5.65. The van der Waals surface area contributed by atoms with E-state index in [1.54, 1.807) is 0 Å². The van der Waals surface area contributed by atoms with E-state index >= 15 is 0 Å². The molecule has 2 aliphatic rings. The minimum Gasteiger partial charge on any atom is -0.316 e. The second-order valence-corrected chi connectivity index (χ2v) is 5.71. The molecular weight excluding hydrogens is 208 g/mol. The van der Waals surface area contributed by atoms with E-state index in [0.29, 0.717) is 0 Å². The summed E-state index contributed by atoms with van der Waals surface area (Å²) in [6.07, 6.45) is 2.73. The molecule has 92 valence electrons. The molecule has 1 aliphatic heterocycles. The topological polar surface area (TPSA) is 24.1 Å². The van der Waals surface area contributed by atoms with Crippen molar-refractivity contribution in [3.8, 4) is 0 Å². The lowest BCUT2D eigenvalue weighted by Crippen LogP contribution is -2.28. The molecule has 1 saturated carbocycles. The highest BCUT2D eigenvalue weighted by molar-refractivity contribution is 5.21. The molecular formula is C15H22N2. The lowest BCUT2D eigenvalue weighted by atomic mass is 10.0. The second-order valence-electron chi connectivity index (χ2n) is 5.71. The number of hydrogen-bond donors (Lipinski definition) is 2. The Morgan fingerprint density at radius 1 is 1.12 bits per heavy atom. The zero-order valence-electron chi connectivity index (χ0n) is 10.6. The van der Waals surface area contributed by atoms with Crippen molar-refractivity contribution in [1.82, 2.24) is 10.6 Å². The fraction of sp³-hybridized carbons (Fsp3) is 0.600. The Morgan fingerprint density at radius 2 is 1.76 bits per heavy atom. The van der Waals surface area contributed by atoms with Gasteiger partial charge in [-0.2, -0.15) is 0 Å². The van der Waals surface area contributed by atoms with E-state index in [4.69, 9.17) is 0 Å². The molecule has 0 radical (unpaired) electrons. The molecule has 2 unspecified atom stereocenters. The first kappa shape index (κ1) is 11.2. The van der Waals surface area contributed by atoms with Crippen molar-refractivity contribution in [1.29, 1.82) is 0 Å². The first-order valence-electron chi connectivity index (χ1n) is 6.81. The largest absolute Gasteiger partial charge is 0.316 e. The van der Waals surface area contributed by atoms with Crippen LogP contribution in [0.25, 0.3) is 0 Å². The summed E-state index contributed by atoms with van der Waals surface area (Å²) in [6, 6.07) is 9.61. The Labute approximate surface area is 104 Å². The Bertz CT molecular complexity index is 359. The highest BCUT2D eigenvalue weighted by Gasteiger charge is 2.36. The Hall–Kier alpha value is -0.860. The van der Waals surface area contributed by atoms with Crippen LogP contribution in [0.15, 0.2) is 24.3 Å². The predicted molar refractivity (Wildman–Crippen MR) is 70.9 cm³/mol. The molecule has 0 spiro atoms. The van der Waals surface area contributed by atoms with E-state index in [2.05, 4.69) is 41.8 Å². The predicted octanol–water partition coefficient (Wildman–Crippen LogP) is 2.08. The highest BCUT2D eigenvalue weighted by atomic mass is 15.0. The molecule has 1 saturated heterocycles. The van der Waals surface area contributed by atoms with Crippen LogP contribution in [0, 0.1) is 18.8 Å². The molecule has 0 bridgehead atoms. The van der Waals surface area contributed by atoms with Gasteiger partial charge in [-0.05, 0) is 50.3 Å².